The number of aryl methyl sites for hydroxylation is 1. The molecule has 1 fully saturated rings. The molecule has 1 N–H and O–H groups in total. The molecule has 1 aliphatic rings. The highest BCUT2D eigenvalue weighted by Gasteiger charge is 2.33. The highest BCUT2D eigenvalue weighted by atomic mass is 32.2. The van der Waals surface area contributed by atoms with Gasteiger partial charge < -0.3 is 14.5 Å². The lowest BCUT2D eigenvalue weighted by Gasteiger charge is -2.34. The Balaban J connectivity index is 1.45. The van der Waals surface area contributed by atoms with E-state index in [1.807, 2.05) is 6.92 Å². The van der Waals surface area contributed by atoms with Gasteiger partial charge in [-0.3, -0.25) is 4.79 Å². The van der Waals surface area contributed by atoms with Crippen molar-refractivity contribution < 1.29 is 22.4 Å². The van der Waals surface area contributed by atoms with Crippen LogP contribution >= 0.6 is 0 Å². The van der Waals surface area contributed by atoms with Gasteiger partial charge >= 0.3 is 5.63 Å². The van der Waals surface area contributed by atoms with Gasteiger partial charge in [0.25, 0.3) is 5.91 Å². The highest BCUT2D eigenvalue weighted by molar-refractivity contribution is 7.89. The maximum Gasteiger partial charge on any atom is 0.349 e. The molecular weight excluding hydrogens is 456 g/mol. The molecule has 2 aromatic carbocycles. The molecule has 0 aliphatic carbocycles. The van der Waals surface area contributed by atoms with Crippen LogP contribution in [0.5, 0.6) is 5.75 Å². The van der Waals surface area contributed by atoms with Crippen molar-refractivity contribution in [3.63, 3.8) is 0 Å². The lowest BCUT2D eigenvalue weighted by Crippen LogP contribution is -2.45. The van der Waals surface area contributed by atoms with Gasteiger partial charge in [-0.25, -0.2) is 13.2 Å². The van der Waals surface area contributed by atoms with Crippen LogP contribution in [-0.2, 0) is 10.0 Å². The SMILES string of the molecule is COc1cccc2cc(C(=O)NCCC3CCCCN3S(=O)(=O)c3ccc(C)cc3)c(=O)oc12. The number of carbonyl (C=O) groups excluding carboxylic acids is 1. The second-order valence-electron chi connectivity index (χ2n) is 8.45. The van der Waals surface area contributed by atoms with Crippen LogP contribution in [0.2, 0.25) is 0 Å². The number of sulfonamides is 1. The van der Waals surface area contributed by atoms with Crippen LogP contribution in [-0.4, -0.2) is 44.9 Å². The molecule has 1 amide bonds. The molecule has 1 unspecified atom stereocenters. The molecule has 0 spiro atoms. The fourth-order valence-electron chi connectivity index (χ4n) is 4.31. The van der Waals surface area contributed by atoms with Crippen molar-refractivity contribution in [2.24, 2.45) is 0 Å². The quantitative estimate of drug-likeness (QED) is 0.515. The van der Waals surface area contributed by atoms with Gasteiger partial charge in [0.15, 0.2) is 11.3 Å². The first-order valence-corrected chi connectivity index (χ1v) is 12.7. The number of fused-ring (bicyclic) bond motifs is 1. The molecule has 34 heavy (non-hydrogen) atoms. The number of hydrogen-bond donors (Lipinski definition) is 1. The molecule has 8 nitrogen and oxygen atoms in total. The molecule has 0 saturated carbocycles. The molecular formula is C25H28N2O6S. The number of hydrogen-bond acceptors (Lipinski definition) is 6. The zero-order chi connectivity index (χ0) is 24.3. The lowest BCUT2D eigenvalue weighted by molar-refractivity contribution is 0.0946. The van der Waals surface area contributed by atoms with Crippen LogP contribution < -0.4 is 15.7 Å². The van der Waals surface area contributed by atoms with E-state index in [2.05, 4.69) is 5.32 Å². The summed E-state index contributed by atoms with van der Waals surface area (Å²) in [5.74, 6) is -0.143. The minimum Gasteiger partial charge on any atom is -0.493 e. The summed E-state index contributed by atoms with van der Waals surface area (Å²) in [4.78, 5) is 25.4. The Morgan fingerprint density at radius 1 is 1.18 bits per heavy atom. The summed E-state index contributed by atoms with van der Waals surface area (Å²) in [5, 5.41) is 3.32. The Kier molecular flexibility index (Phi) is 7.04. The zero-order valence-corrected chi connectivity index (χ0v) is 20.1. The molecule has 0 bridgehead atoms. The Bertz CT molecular complexity index is 1350. The highest BCUT2D eigenvalue weighted by Crippen LogP contribution is 2.27. The van der Waals surface area contributed by atoms with Gasteiger partial charge in [0.2, 0.25) is 10.0 Å². The van der Waals surface area contributed by atoms with Crippen molar-refractivity contribution in [1.82, 2.24) is 9.62 Å². The summed E-state index contributed by atoms with van der Waals surface area (Å²) < 4.78 is 38.5. The average molecular weight is 485 g/mol. The number of amides is 1. The van der Waals surface area contributed by atoms with Crippen LogP contribution in [0.1, 0.15) is 41.6 Å². The Labute approximate surface area is 198 Å². The van der Waals surface area contributed by atoms with Gasteiger partial charge in [-0.2, -0.15) is 4.31 Å². The molecule has 0 radical (unpaired) electrons. The smallest absolute Gasteiger partial charge is 0.349 e. The summed E-state index contributed by atoms with van der Waals surface area (Å²) in [5.41, 5.74) is 0.420. The van der Waals surface area contributed by atoms with Crippen molar-refractivity contribution in [3.8, 4) is 5.75 Å². The van der Waals surface area contributed by atoms with E-state index >= 15 is 0 Å². The predicted molar refractivity (Wildman–Crippen MR) is 129 cm³/mol. The van der Waals surface area contributed by atoms with Gasteiger partial charge in [-0.05, 0) is 50.5 Å². The van der Waals surface area contributed by atoms with E-state index < -0.39 is 21.6 Å². The van der Waals surface area contributed by atoms with E-state index in [0.717, 1.165) is 24.8 Å². The second-order valence-corrected chi connectivity index (χ2v) is 10.3. The Morgan fingerprint density at radius 3 is 2.68 bits per heavy atom. The zero-order valence-electron chi connectivity index (χ0n) is 19.2. The number of piperidine rings is 1. The molecule has 1 aromatic heterocycles. The summed E-state index contributed by atoms with van der Waals surface area (Å²) in [6, 6.07) is 13.2. The number of ether oxygens (including phenoxy) is 1. The van der Waals surface area contributed by atoms with Crippen molar-refractivity contribution in [1.29, 1.82) is 0 Å². The monoisotopic (exact) mass is 484 g/mol. The number of para-hydroxylation sites is 1. The first-order valence-electron chi connectivity index (χ1n) is 11.3. The summed E-state index contributed by atoms with van der Waals surface area (Å²) >= 11 is 0. The number of rotatable bonds is 7. The third kappa shape index (κ3) is 4.85. The van der Waals surface area contributed by atoms with Gasteiger partial charge in [0, 0.05) is 24.5 Å². The van der Waals surface area contributed by atoms with Crippen molar-refractivity contribution in [3.05, 3.63) is 70.1 Å². The summed E-state index contributed by atoms with van der Waals surface area (Å²) in [6.07, 6.45) is 2.90. The Morgan fingerprint density at radius 2 is 1.94 bits per heavy atom. The van der Waals surface area contributed by atoms with Crippen molar-refractivity contribution >= 4 is 26.9 Å². The summed E-state index contributed by atoms with van der Waals surface area (Å²) in [6.45, 7) is 2.60. The molecule has 3 aromatic rings. The maximum atomic E-state index is 13.2. The van der Waals surface area contributed by atoms with Gasteiger partial charge in [0.05, 0.1) is 12.0 Å². The second kappa shape index (κ2) is 9.99. The van der Waals surface area contributed by atoms with Crippen LogP contribution in [0.15, 0.2) is 62.6 Å². The molecule has 2 heterocycles. The Hall–Kier alpha value is -3.17. The minimum atomic E-state index is -3.62. The summed E-state index contributed by atoms with van der Waals surface area (Å²) in [7, 11) is -2.15. The van der Waals surface area contributed by atoms with E-state index in [0.29, 0.717) is 24.1 Å². The van der Waals surface area contributed by atoms with Crippen molar-refractivity contribution in [2.45, 2.75) is 43.5 Å². The minimum absolute atomic E-state index is 0.103. The van der Waals surface area contributed by atoms with Gasteiger partial charge in [-0.15, -0.1) is 0 Å². The average Bonchev–Trinajstić information content (AvgIpc) is 2.83. The van der Waals surface area contributed by atoms with Crippen LogP contribution in [0.4, 0.5) is 0 Å². The first kappa shape index (κ1) is 24.0. The maximum absolute atomic E-state index is 13.2. The topological polar surface area (TPSA) is 106 Å². The molecule has 9 heteroatoms. The number of carbonyl (C=O) groups is 1. The number of benzene rings is 2. The fraction of sp³-hybridized carbons (Fsp3) is 0.360. The van der Waals surface area contributed by atoms with Crippen LogP contribution in [0, 0.1) is 6.92 Å². The fourth-order valence-corrected chi connectivity index (χ4v) is 6.03. The van der Waals surface area contributed by atoms with E-state index in [-0.39, 0.29) is 28.6 Å². The molecule has 1 aliphatic heterocycles. The van der Waals surface area contributed by atoms with E-state index in [4.69, 9.17) is 9.15 Å². The molecule has 180 valence electrons. The third-order valence-corrected chi connectivity index (χ3v) is 8.12. The van der Waals surface area contributed by atoms with Gasteiger partial charge in [-0.1, -0.05) is 36.2 Å². The van der Waals surface area contributed by atoms with Gasteiger partial charge in [0.1, 0.15) is 5.56 Å². The molecule has 4 rings (SSSR count). The first-order chi connectivity index (χ1) is 16.3. The number of nitrogens with one attached hydrogen (secondary N) is 1. The van der Waals surface area contributed by atoms with Crippen molar-refractivity contribution in [2.75, 3.05) is 20.2 Å². The van der Waals surface area contributed by atoms with Crippen LogP contribution in [0.3, 0.4) is 0 Å². The molecule has 1 saturated heterocycles. The predicted octanol–water partition coefficient (Wildman–Crippen LogP) is 3.47. The standard InChI is InChI=1S/C25H28N2O6S/c1-17-9-11-20(12-10-17)34(30,31)27-15-4-3-7-19(27)13-14-26-24(28)21-16-18-6-5-8-22(32-2)23(18)33-25(21)29/h5-6,8-12,16,19H,3-4,7,13-15H2,1-2H3,(H,26,28). The third-order valence-electron chi connectivity index (χ3n) is 6.15. The lowest BCUT2D eigenvalue weighted by atomic mass is 10.0. The number of methoxy groups -OCH3 is 1. The van der Waals surface area contributed by atoms with E-state index in [1.165, 1.54) is 13.2 Å². The largest absolute Gasteiger partial charge is 0.493 e. The number of nitrogens with zero attached hydrogens (tertiary/aromatic N) is 1. The van der Waals surface area contributed by atoms with E-state index in [9.17, 15) is 18.0 Å². The normalized spacial score (nSPS) is 16.9. The van der Waals surface area contributed by atoms with E-state index in [1.54, 1.807) is 46.8 Å². The van der Waals surface area contributed by atoms with Crippen LogP contribution in [0.25, 0.3) is 11.0 Å². The molecule has 1 atom stereocenters.